The number of anilines is 3. The largest absolute Gasteiger partial charge is 0.353 e. The Morgan fingerprint density at radius 2 is 1.75 bits per heavy atom. The van der Waals surface area contributed by atoms with Crippen molar-refractivity contribution >= 4 is 17.8 Å². The van der Waals surface area contributed by atoms with Gasteiger partial charge in [0.05, 0.1) is 0 Å². The second-order valence-electron chi connectivity index (χ2n) is 5.31. The van der Waals surface area contributed by atoms with Gasteiger partial charge in [0.2, 0.25) is 17.8 Å². The van der Waals surface area contributed by atoms with Gasteiger partial charge in [-0.15, -0.1) is 0 Å². The van der Waals surface area contributed by atoms with Gasteiger partial charge in [-0.2, -0.15) is 15.0 Å². The maximum Gasteiger partial charge on any atom is 0.243 e. The average Bonchev–Trinajstić information content (AvgIpc) is 3.27. The van der Waals surface area contributed by atoms with Crippen molar-refractivity contribution in [2.45, 2.75) is 40.0 Å². The maximum atomic E-state index is 5.44. The predicted molar refractivity (Wildman–Crippen MR) is 81.6 cm³/mol. The summed E-state index contributed by atoms with van der Waals surface area (Å²) in [7, 11) is 0. The van der Waals surface area contributed by atoms with Gasteiger partial charge in [0, 0.05) is 19.6 Å². The van der Waals surface area contributed by atoms with Gasteiger partial charge < -0.3 is 10.2 Å². The van der Waals surface area contributed by atoms with Crippen molar-refractivity contribution in [1.82, 2.24) is 15.0 Å². The summed E-state index contributed by atoms with van der Waals surface area (Å²) in [6.07, 6.45) is 3.76. The zero-order valence-corrected chi connectivity index (χ0v) is 12.6. The van der Waals surface area contributed by atoms with Gasteiger partial charge in [0.15, 0.2) is 0 Å². The molecule has 1 aliphatic carbocycles. The van der Waals surface area contributed by atoms with Gasteiger partial charge in [0.1, 0.15) is 0 Å². The van der Waals surface area contributed by atoms with Crippen LogP contribution in [0.15, 0.2) is 0 Å². The number of nitrogens with two attached hydrogens (primary N) is 1. The second-order valence-corrected chi connectivity index (χ2v) is 5.31. The van der Waals surface area contributed by atoms with Crippen molar-refractivity contribution in [3.05, 3.63) is 0 Å². The molecule has 0 atom stereocenters. The van der Waals surface area contributed by atoms with Crippen LogP contribution < -0.4 is 21.5 Å². The molecule has 0 unspecified atom stereocenters. The predicted octanol–water partition coefficient (Wildman–Crippen LogP) is 1.61. The number of rotatable bonds is 8. The van der Waals surface area contributed by atoms with Crippen LogP contribution in [0, 0.1) is 5.41 Å². The Hall–Kier alpha value is -1.63. The SMILES string of the molecule is CCN(CC)c1nc(NN)nc(NCC2(CC)CC2)n1. The van der Waals surface area contributed by atoms with Crippen LogP contribution >= 0.6 is 0 Å². The standard InChI is InChI=1S/C13H25N7/c1-4-13(7-8-13)9-15-10-16-11(19-14)18-12(17-10)20(5-2)6-3/h4-9,14H2,1-3H3,(H2,15,16,17,18,19). The number of hydrogen-bond donors (Lipinski definition) is 3. The molecular formula is C13H25N7. The lowest BCUT2D eigenvalue weighted by Gasteiger charge is -2.20. The van der Waals surface area contributed by atoms with Crippen molar-refractivity contribution in [3.8, 4) is 0 Å². The Kier molecular flexibility index (Phi) is 4.59. The van der Waals surface area contributed by atoms with Crippen LogP contribution in [0.2, 0.25) is 0 Å². The first-order valence-electron chi connectivity index (χ1n) is 7.38. The van der Waals surface area contributed by atoms with Crippen molar-refractivity contribution in [2.75, 3.05) is 35.3 Å². The highest BCUT2D eigenvalue weighted by Gasteiger charge is 2.40. The van der Waals surface area contributed by atoms with Crippen LogP contribution in [0.4, 0.5) is 17.8 Å². The molecule has 1 saturated carbocycles. The molecule has 1 heterocycles. The fourth-order valence-corrected chi connectivity index (χ4v) is 2.25. The molecule has 20 heavy (non-hydrogen) atoms. The zero-order valence-electron chi connectivity index (χ0n) is 12.6. The maximum absolute atomic E-state index is 5.44. The number of hydrazine groups is 1. The number of aromatic nitrogens is 3. The topological polar surface area (TPSA) is 92.0 Å². The second kappa shape index (κ2) is 6.21. The lowest BCUT2D eigenvalue weighted by atomic mass is 10.0. The molecule has 0 spiro atoms. The number of nitrogens with zero attached hydrogens (tertiary/aromatic N) is 4. The van der Waals surface area contributed by atoms with Gasteiger partial charge in [-0.1, -0.05) is 6.92 Å². The molecule has 2 rings (SSSR count). The molecule has 1 aliphatic rings. The minimum atomic E-state index is 0.394. The molecule has 0 aliphatic heterocycles. The van der Waals surface area contributed by atoms with Crippen LogP contribution in [0.3, 0.4) is 0 Å². The quantitative estimate of drug-likeness (QED) is 0.491. The monoisotopic (exact) mass is 279 g/mol. The molecule has 4 N–H and O–H groups in total. The normalized spacial score (nSPS) is 15.8. The van der Waals surface area contributed by atoms with Gasteiger partial charge in [-0.3, -0.25) is 5.43 Å². The van der Waals surface area contributed by atoms with Crippen molar-refractivity contribution < 1.29 is 0 Å². The minimum absolute atomic E-state index is 0.394. The fraction of sp³-hybridized carbons (Fsp3) is 0.769. The van der Waals surface area contributed by atoms with Crippen LogP contribution in [0.1, 0.15) is 40.0 Å². The molecule has 112 valence electrons. The minimum Gasteiger partial charge on any atom is -0.353 e. The van der Waals surface area contributed by atoms with Gasteiger partial charge in [-0.05, 0) is 38.5 Å². The number of nitrogen functional groups attached to an aromatic ring is 1. The molecule has 1 aromatic heterocycles. The first-order chi connectivity index (χ1) is 9.66. The van der Waals surface area contributed by atoms with E-state index in [-0.39, 0.29) is 0 Å². The Bertz CT molecular complexity index is 440. The van der Waals surface area contributed by atoms with E-state index in [1.807, 2.05) is 0 Å². The lowest BCUT2D eigenvalue weighted by molar-refractivity contribution is 0.519. The molecular weight excluding hydrogens is 254 g/mol. The van der Waals surface area contributed by atoms with Crippen LogP contribution in [0.5, 0.6) is 0 Å². The molecule has 0 aromatic carbocycles. The number of hydrogen-bond acceptors (Lipinski definition) is 7. The van der Waals surface area contributed by atoms with E-state index in [9.17, 15) is 0 Å². The molecule has 0 radical (unpaired) electrons. The highest BCUT2D eigenvalue weighted by atomic mass is 15.4. The summed E-state index contributed by atoms with van der Waals surface area (Å²) in [5.74, 6) is 7.08. The van der Waals surface area contributed by atoms with Crippen LogP contribution in [-0.4, -0.2) is 34.6 Å². The summed E-state index contributed by atoms with van der Waals surface area (Å²) in [5.41, 5.74) is 2.95. The Balaban J connectivity index is 2.13. The Morgan fingerprint density at radius 3 is 2.25 bits per heavy atom. The summed E-state index contributed by atoms with van der Waals surface area (Å²) in [5, 5.41) is 3.33. The van der Waals surface area contributed by atoms with Crippen LogP contribution in [0.25, 0.3) is 0 Å². The van der Waals surface area contributed by atoms with Crippen LogP contribution in [-0.2, 0) is 0 Å². The summed E-state index contributed by atoms with van der Waals surface area (Å²) in [6, 6.07) is 0. The molecule has 1 fully saturated rings. The average molecular weight is 279 g/mol. The first kappa shape index (κ1) is 14.8. The van der Waals surface area contributed by atoms with E-state index in [2.05, 4.69) is 51.4 Å². The lowest BCUT2D eigenvalue weighted by Crippen LogP contribution is -2.26. The summed E-state index contributed by atoms with van der Waals surface area (Å²) in [4.78, 5) is 15.1. The van der Waals surface area contributed by atoms with Crippen molar-refractivity contribution in [1.29, 1.82) is 0 Å². The molecule has 0 bridgehead atoms. The van der Waals surface area contributed by atoms with E-state index in [4.69, 9.17) is 5.84 Å². The van der Waals surface area contributed by atoms with Gasteiger partial charge in [-0.25, -0.2) is 5.84 Å². The smallest absolute Gasteiger partial charge is 0.243 e. The van der Waals surface area contributed by atoms with E-state index < -0.39 is 0 Å². The summed E-state index contributed by atoms with van der Waals surface area (Å²) < 4.78 is 0. The number of nitrogens with one attached hydrogen (secondary N) is 2. The third kappa shape index (κ3) is 3.27. The molecule has 7 nitrogen and oxygen atoms in total. The molecule has 1 aromatic rings. The summed E-state index contributed by atoms with van der Waals surface area (Å²) >= 11 is 0. The van der Waals surface area contributed by atoms with E-state index in [0.717, 1.165) is 19.6 Å². The Labute approximate surface area is 120 Å². The van der Waals surface area contributed by atoms with E-state index >= 15 is 0 Å². The highest BCUT2D eigenvalue weighted by Crippen LogP contribution is 2.48. The molecule has 7 heteroatoms. The first-order valence-corrected chi connectivity index (χ1v) is 7.38. The molecule has 0 saturated heterocycles. The van der Waals surface area contributed by atoms with Crippen molar-refractivity contribution in [3.63, 3.8) is 0 Å². The van der Waals surface area contributed by atoms with Crippen molar-refractivity contribution in [2.24, 2.45) is 11.3 Å². The van der Waals surface area contributed by atoms with Gasteiger partial charge in [0.25, 0.3) is 0 Å². The zero-order chi connectivity index (χ0) is 14.6. The highest BCUT2D eigenvalue weighted by molar-refractivity contribution is 5.43. The van der Waals surface area contributed by atoms with Gasteiger partial charge >= 0.3 is 0 Å². The molecule has 0 amide bonds. The van der Waals surface area contributed by atoms with E-state index in [0.29, 0.717) is 23.3 Å². The van der Waals surface area contributed by atoms with E-state index in [1.54, 1.807) is 0 Å². The third-order valence-electron chi connectivity index (χ3n) is 4.13. The third-order valence-corrected chi connectivity index (χ3v) is 4.13. The fourth-order valence-electron chi connectivity index (χ4n) is 2.25. The Morgan fingerprint density at radius 1 is 1.10 bits per heavy atom. The summed E-state index contributed by atoms with van der Waals surface area (Å²) in [6.45, 7) is 9.00. The van der Waals surface area contributed by atoms with E-state index in [1.165, 1.54) is 19.3 Å².